The van der Waals surface area contributed by atoms with E-state index in [4.69, 9.17) is 9.84 Å². The number of amides is 1. The number of ether oxygens (including phenoxy) is 1. The molecule has 110 valence electrons. The maximum Gasteiger partial charge on any atom is 0.341 e. The second kappa shape index (κ2) is 7.15. The van der Waals surface area contributed by atoms with Crippen LogP contribution >= 0.6 is 55.0 Å². The number of aliphatic carboxylic acids is 1. The highest BCUT2D eigenvalue weighted by Crippen LogP contribution is 2.43. The van der Waals surface area contributed by atoms with E-state index in [-0.39, 0.29) is 5.91 Å². The largest absolute Gasteiger partial charge is 0.479 e. The van der Waals surface area contributed by atoms with Crippen LogP contribution in [-0.2, 0) is 4.79 Å². The number of carboxylic acid groups (broad SMARTS) is 1. The van der Waals surface area contributed by atoms with Crippen molar-refractivity contribution in [2.75, 3.05) is 31.2 Å². The van der Waals surface area contributed by atoms with Crippen molar-refractivity contribution in [3.8, 4) is 5.75 Å². The number of hydrogen-bond acceptors (Lipinski definition) is 5. The van der Waals surface area contributed by atoms with Gasteiger partial charge in [0.15, 0.2) is 12.4 Å². The third-order valence-corrected chi connectivity index (χ3v) is 6.93. The smallest absolute Gasteiger partial charge is 0.341 e. The van der Waals surface area contributed by atoms with Gasteiger partial charge in [-0.3, -0.25) is 4.79 Å². The summed E-state index contributed by atoms with van der Waals surface area (Å²) in [5.74, 6) is 0.955. The second-order valence-electron chi connectivity index (χ2n) is 3.93. The minimum absolute atomic E-state index is 0.109. The molecular formula is C11H11Br2NO4S2. The van der Waals surface area contributed by atoms with Gasteiger partial charge >= 0.3 is 5.97 Å². The molecule has 0 unspecified atom stereocenters. The number of halogens is 2. The molecule has 1 aliphatic rings. The van der Waals surface area contributed by atoms with Crippen LogP contribution in [0.4, 0.5) is 0 Å². The van der Waals surface area contributed by atoms with E-state index in [1.54, 1.807) is 4.90 Å². The molecule has 2 rings (SSSR count). The molecule has 1 N–H and O–H groups in total. The van der Waals surface area contributed by atoms with Gasteiger partial charge in [0, 0.05) is 24.6 Å². The van der Waals surface area contributed by atoms with Crippen LogP contribution in [0.2, 0.25) is 0 Å². The van der Waals surface area contributed by atoms with E-state index >= 15 is 0 Å². The van der Waals surface area contributed by atoms with Gasteiger partial charge in [0.05, 0.1) is 8.26 Å². The number of thioether (sulfide) groups is 1. The first kappa shape index (κ1) is 16.1. The summed E-state index contributed by atoms with van der Waals surface area (Å²) in [6.07, 6.45) is 0. The molecule has 20 heavy (non-hydrogen) atoms. The lowest BCUT2D eigenvalue weighted by Crippen LogP contribution is -2.37. The maximum absolute atomic E-state index is 12.5. The number of carbonyl (C=O) groups excluding carboxylic acids is 1. The average molecular weight is 445 g/mol. The fourth-order valence-electron chi connectivity index (χ4n) is 1.68. The topological polar surface area (TPSA) is 66.8 Å². The van der Waals surface area contributed by atoms with E-state index in [0.717, 1.165) is 11.5 Å². The molecule has 0 bridgehead atoms. The minimum Gasteiger partial charge on any atom is -0.479 e. The predicted octanol–water partition coefficient (Wildman–Crippen LogP) is 2.93. The summed E-state index contributed by atoms with van der Waals surface area (Å²) in [6, 6.07) is 0. The predicted molar refractivity (Wildman–Crippen MR) is 86.1 cm³/mol. The summed E-state index contributed by atoms with van der Waals surface area (Å²) >= 11 is 9.72. The summed E-state index contributed by atoms with van der Waals surface area (Å²) in [5, 5.41) is 8.70. The fourth-order valence-corrected chi connectivity index (χ4v) is 4.77. The van der Waals surface area contributed by atoms with Crippen molar-refractivity contribution in [1.82, 2.24) is 4.90 Å². The third kappa shape index (κ3) is 3.69. The minimum atomic E-state index is -1.08. The van der Waals surface area contributed by atoms with Crippen LogP contribution in [0, 0.1) is 0 Å². The first-order chi connectivity index (χ1) is 9.50. The van der Waals surface area contributed by atoms with Crippen LogP contribution in [0.3, 0.4) is 0 Å². The first-order valence-electron chi connectivity index (χ1n) is 5.70. The van der Waals surface area contributed by atoms with Gasteiger partial charge in [-0.05, 0) is 31.9 Å². The Labute approximate surface area is 140 Å². The van der Waals surface area contributed by atoms with E-state index in [1.807, 2.05) is 11.8 Å². The quantitative estimate of drug-likeness (QED) is 0.773. The molecule has 1 saturated heterocycles. The Balaban J connectivity index is 2.23. The SMILES string of the molecule is O=C(O)COc1c(C(=O)N2CCSCC2)sc(Br)c1Br. The van der Waals surface area contributed by atoms with Gasteiger partial charge in [-0.1, -0.05) is 0 Å². The zero-order chi connectivity index (χ0) is 14.7. The second-order valence-corrected chi connectivity index (χ2v) is 8.29. The Morgan fingerprint density at radius 1 is 1.30 bits per heavy atom. The van der Waals surface area contributed by atoms with E-state index in [9.17, 15) is 9.59 Å². The van der Waals surface area contributed by atoms with Crippen LogP contribution in [0.15, 0.2) is 8.26 Å². The van der Waals surface area contributed by atoms with Crippen LogP contribution in [0.1, 0.15) is 9.67 Å². The zero-order valence-electron chi connectivity index (χ0n) is 10.2. The Hall–Kier alpha value is -0.250. The fraction of sp³-hybridized carbons (Fsp3) is 0.455. The molecule has 0 atom stereocenters. The molecule has 1 aliphatic heterocycles. The number of carbonyl (C=O) groups is 2. The molecule has 0 aliphatic carbocycles. The van der Waals surface area contributed by atoms with Gasteiger partial charge in [0.25, 0.3) is 5.91 Å². The molecule has 1 aromatic heterocycles. The molecular weight excluding hydrogens is 434 g/mol. The van der Waals surface area contributed by atoms with Crippen molar-refractivity contribution in [2.24, 2.45) is 0 Å². The summed E-state index contributed by atoms with van der Waals surface area (Å²) in [7, 11) is 0. The van der Waals surface area contributed by atoms with Gasteiger partial charge in [-0.2, -0.15) is 11.8 Å². The van der Waals surface area contributed by atoms with Crippen LogP contribution in [-0.4, -0.2) is 53.1 Å². The highest BCUT2D eigenvalue weighted by molar-refractivity contribution is 9.13. The molecule has 0 saturated carbocycles. The van der Waals surface area contributed by atoms with Crippen molar-refractivity contribution >= 4 is 66.8 Å². The summed E-state index contributed by atoms with van der Waals surface area (Å²) in [5.41, 5.74) is 0. The number of nitrogens with zero attached hydrogens (tertiary/aromatic N) is 1. The monoisotopic (exact) mass is 443 g/mol. The molecule has 1 fully saturated rings. The van der Waals surface area contributed by atoms with Crippen molar-refractivity contribution in [2.45, 2.75) is 0 Å². The van der Waals surface area contributed by atoms with Crippen LogP contribution < -0.4 is 4.74 Å². The van der Waals surface area contributed by atoms with Crippen molar-refractivity contribution in [3.63, 3.8) is 0 Å². The maximum atomic E-state index is 12.5. The number of carboxylic acids is 1. The van der Waals surface area contributed by atoms with Crippen LogP contribution in [0.5, 0.6) is 5.75 Å². The molecule has 0 spiro atoms. The Bertz CT molecular complexity index is 529. The number of rotatable bonds is 4. The zero-order valence-corrected chi connectivity index (χ0v) is 15.0. The lowest BCUT2D eigenvalue weighted by Gasteiger charge is -2.26. The van der Waals surface area contributed by atoms with Crippen molar-refractivity contribution in [1.29, 1.82) is 0 Å². The Morgan fingerprint density at radius 3 is 2.55 bits per heavy atom. The molecule has 5 nitrogen and oxygen atoms in total. The molecule has 1 amide bonds. The van der Waals surface area contributed by atoms with Gasteiger partial charge < -0.3 is 14.7 Å². The molecule has 9 heteroatoms. The standard InChI is InChI=1S/C11H11Br2NO4S2/c12-7-8(18-5-6(15)16)9(20-10(7)13)11(17)14-1-3-19-4-2-14/h1-5H2,(H,15,16). The normalized spacial score (nSPS) is 15.2. The van der Waals surface area contributed by atoms with E-state index < -0.39 is 12.6 Å². The molecule has 0 aromatic carbocycles. The lowest BCUT2D eigenvalue weighted by atomic mass is 10.3. The average Bonchev–Trinajstić information content (AvgIpc) is 2.72. The van der Waals surface area contributed by atoms with Crippen molar-refractivity contribution < 1.29 is 19.4 Å². The highest BCUT2D eigenvalue weighted by atomic mass is 79.9. The van der Waals surface area contributed by atoms with Crippen LogP contribution in [0.25, 0.3) is 0 Å². The molecule has 1 aromatic rings. The van der Waals surface area contributed by atoms with Crippen molar-refractivity contribution in [3.05, 3.63) is 13.1 Å². The Kier molecular flexibility index (Phi) is 5.76. The highest BCUT2D eigenvalue weighted by Gasteiger charge is 2.27. The number of thiophene rings is 1. The van der Waals surface area contributed by atoms with E-state index in [0.29, 0.717) is 32.0 Å². The van der Waals surface area contributed by atoms with Gasteiger partial charge in [0.2, 0.25) is 0 Å². The van der Waals surface area contributed by atoms with Gasteiger partial charge in [-0.25, -0.2) is 4.79 Å². The summed E-state index contributed by atoms with van der Waals surface area (Å²) in [4.78, 5) is 25.3. The number of hydrogen-bond donors (Lipinski definition) is 1. The summed E-state index contributed by atoms with van der Waals surface area (Å²) in [6.45, 7) is 0.932. The van der Waals surface area contributed by atoms with E-state index in [2.05, 4.69) is 31.9 Å². The lowest BCUT2D eigenvalue weighted by molar-refractivity contribution is -0.139. The first-order valence-corrected chi connectivity index (χ1v) is 9.26. The molecule has 0 radical (unpaired) electrons. The Morgan fingerprint density at radius 2 is 1.95 bits per heavy atom. The van der Waals surface area contributed by atoms with E-state index in [1.165, 1.54) is 11.3 Å². The third-order valence-electron chi connectivity index (χ3n) is 2.60. The van der Waals surface area contributed by atoms with Gasteiger partial charge in [-0.15, -0.1) is 11.3 Å². The van der Waals surface area contributed by atoms with Gasteiger partial charge in [0.1, 0.15) is 4.88 Å². The summed E-state index contributed by atoms with van der Waals surface area (Å²) < 4.78 is 6.54. The molecule has 2 heterocycles.